The van der Waals surface area contributed by atoms with Crippen LogP contribution in [0, 0.1) is 0 Å². The minimum Gasteiger partial charge on any atom is -0.456 e. The number of rotatable bonds is 6. The van der Waals surface area contributed by atoms with Crippen molar-refractivity contribution in [1.29, 1.82) is 0 Å². The molecule has 0 amide bonds. The molecule has 1 unspecified atom stereocenters. The molecule has 0 N–H and O–H groups in total. The van der Waals surface area contributed by atoms with E-state index in [1.807, 2.05) is 6.07 Å². The lowest BCUT2D eigenvalue weighted by Crippen LogP contribution is -2.06. The lowest BCUT2D eigenvalue weighted by Gasteiger charge is -2.24. The molecule has 0 radical (unpaired) electrons. The second-order valence-corrected chi connectivity index (χ2v) is 14.8. The van der Waals surface area contributed by atoms with Crippen molar-refractivity contribution in [1.82, 2.24) is 0 Å². The monoisotopic (exact) mass is 712 g/mol. The topological polar surface area (TPSA) is 13.1 Å². The number of para-hydroxylation sites is 1. The predicted octanol–water partition coefficient (Wildman–Crippen LogP) is 15.2. The minimum absolute atomic E-state index is 0.0241. The highest BCUT2D eigenvalue weighted by molar-refractivity contribution is 6.14. The Labute approximate surface area is 325 Å². The Morgan fingerprint density at radius 2 is 0.929 bits per heavy atom. The van der Waals surface area contributed by atoms with Crippen molar-refractivity contribution >= 4 is 54.3 Å². The molecule has 1 atom stereocenters. The van der Waals surface area contributed by atoms with Crippen LogP contribution in [0.5, 0.6) is 0 Å². The molecule has 11 rings (SSSR count). The van der Waals surface area contributed by atoms with E-state index >= 15 is 0 Å². The van der Waals surface area contributed by atoms with E-state index in [1.54, 1.807) is 0 Å². The third kappa shape index (κ3) is 5.40. The molecule has 1 heteroatoms. The molecule has 11 aromatic rings. The molecule has 1 aromatic heterocycles. The highest BCUT2D eigenvalue weighted by atomic mass is 16.3. The number of furan rings is 1. The van der Waals surface area contributed by atoms with Gasteiger partial charge in [0.25, 0.3) is 0 Å². The lowest BCUT2D eigenvalue weighted by atomic mass is 9.80. The van der Waals surface area contributed by atoms with Crippen molar-refractivity contribution in [2.24, 2.45) is 0 Å². The standard InChI is InChI=1S/C55H36O/c1-2-14-39-33-42(32-27-36(39)13-1)45-19-5-8-22-49(45)54(38-30-28-37(29-31-38)46-24-12-26-53-55(46)50-23-9-10-25-52(50)56-53)43-17-11-16-40(34-43)51-35-41-15-3-4-18-44(41)47-20-6-7-21-48(47)51/h1-35,54H. The number of benzene rings is 10. The smallest absolute Gasteiger partial charge is 0.136 e. The van der Waals surface area contributed by atoms with E-state index in [2.05, 4.69) is 206 Å². The van der Waals surface area contributed by atoms with E-state index in [0.717, 1.165) is 21.9 Å². The Morgan fingerprint density at radius 1 is 0.304 bits per heavy atom. The van der Waals surface area contributed by atoms with Crippen molar-refractivity contribution in [2.75, 3.05) is 0 Å². The SMILES string of the molecule is c1cc(-c2cc3ccccc3c3ccccc23)cc(C(c2ccc(-c3cccc4oc5ccccc5c34)cc2)c2ccccc2-c2ccc3ccccc3c2)c1. The van der Waals surface area contributed by atoms with Gasteiger partial charge in [0, 0.05) is 16.7 Å². The normalized spacial score (nSPS) is 12.2. The Bertz CT molecular complexity index is 3260. The molecular weight excluding hydrogens is 677 g/mol. The molecule has 56 heavy (non-hydrogen) atoms. The van der Waals surface area contributed by atoms with Crippen molar-refractivity contribution in [3.05, 3.63) is 229 Å². The molecule has 1 nitrogen and oxygen atoms in total. The van der Waals surface area contributed by atoms with Gasteiger partial charge in [-0.25, -0.2) is 0 Å². The first-order valence-corrected chi connectivity index (χ1v) is 19.4. The van der Waals surface area contributed by atoms with Crippen molar-refractivity contribution in [3.63, 3.8) is 0 Å². The van der Waals surface area contributed by atoms with Crippen molar-refractivity contribution < 1.29 is 4.42 Å². The largest absolute Gasteiger partial charge is 0.456 e. The Kier molecular flexibility index (Phi) is 7.64. The highest BCUT2D eigenvalue weighted by Crippen LogP contribution is 2.43. The van der Waals surface area contributed by atoms with E-state index < -0.39 is 0 Å². The molecule has 0 spiro atoms. The van der Waals surface area contributed by atoms with Gasteiger partial charge in [0.05, 0.1) is 0 Å². The number of fused-ring (bicyclic) bond motifs is 7. The first-order chi connectivity index (χ1) is 27.8. The Morgan fingerprint density at radius 3 is 1.80 bits per heavy atom. The van der Waals surface area contributed by atoms with Gasteiger partial charge in [0.15, 0.2) is 0 Å². The first kappa shape index (κ1) is 32.2. The van der Waals surface area contributed by atoms with Crippen LogP contribution in [0.4, 0.5) is 0 Å². The molecule has 0 saturated carbocycles. The zero-order chi connectivity index (χ0) is 37.0. The van der Waals surface area contributed by atoms with E-state index in [1.165, 1.54) is 82.4 Å². The lowest BCUT2D eigenvalue weighted by molar-refractivity contribution is 0.669. The summed E-state index contributed by atoms with van der Waals surface area (Å²) in [7, 11) is 0. The maximum Gasteiger partial charge on any atom is 0.136 e. The summed E-state index contributed by atoms with van der Waals surface area (Å²) in [6.07, 6.45) is 0. The van der Waals surface area contributed by atoms with Crippen LogP contribution in [0.15, 0.2) is 217 Å². The van der Waals surface area contributed by atoms with E-state index in [-0.39, 0.29) is 5.92 Å². The molecule has 0 aliphatic heterocycles. The van der Waals surface area contributed by atoms with Crippen LogP contribution in [0.25, 0.3) is 87.6 Å². The van der Waals surface area contributed by atoms with Gasteiger partial charge in [-0.3, -0.25) is 0 Å². The predicted molar refractivity (Wildman–Crippen MR) is 236 cm³/mol. The average Bonchev–Trinajstić information content (AvgIpc) is 3.66. The summed E-state index contributed by atoms with van der Waals surface area (Å²) in [4.78, 5) is 0. The molecule has 0 saturated heterocycles. The molecule has 0 fully saturated rings. The summed E-state index contributed by atoms with van der Waals surface area (Å²) in [6, 6.07) is 77.5. The van der Waals surface area contributed by atoms with Crippen LogP contribution in [0.2, 0.25) is 0 Å². The minimum atomic E-state index is -0.0241. The summed E-state index contributed by atoms with van der Waals surface area (Å²) in [5.74, 6) is -0.0241. The first-order valence-electron chi connectivity index (χ1n) is 19.4. The molecular formula is C55H36O. The van der Waals surface area contributed by atoms with Gasteiger partial charge >= 0.3 is 0 Å². The molecule has 1 heterocycles. The Balaban J connectivity index is 1.10. The quantitative estimate of drug-likeness (QED) is 0.124. The molecule has 262 valence electrons. The average molecular weight is 713 g/mol. The van der Waals surface area contributed by atoms with Gasteiger partial charge in [-0.15, -0.1) is 0 Å². The second kappa shape index (κ2) is 13.3. The summed E-state index contributed by atoms with van der Waals surface area (Å²) in [5, 5.41) is 9.86. The number of hydrogen-bond acceptors (Lipinski definition) is 1. The summed E-state index contributed by atoms with van der Waals surface area (Å²) < 4.78 is 6.27. The third-order valence-electron chi connectivity index (χ3n) is 11.6. The van der Waals surface area contributed by atoms with E-state index in [4.69, 9.17) is 4.42 Å². The van der Waals surface area contributed by atoms with Crippen LogP contribution < -0.4 is 0 Å². The van der Waals surface area contributed by atoms with Crippen molar-refractivity contribution in [2.45, 2.75) is 5.92 Å². The van der Waals surface area contributed by atoms with Gasteiger partial charge in [-0.2, -0.15) is 0 Å². The number of hydrogen-bond donors (Lipinski definition) is 0. The van der Waals surface area contributed by atoms with Crippen LogP contribution in [0.3, 0.4) is 0 Å². The van der Waals surface area contributed by atoms with Crippen LogP contribution in [-0.2, 0) is 0 Å². The fourth-order valence-corrected chi connectivity index (χ4v) is 8.97. The zero-order valence-corrected chi connectivity index (χ0v) is 30.7. The summed E-state index contributed by atoms with van der Waals surface area (Å²) in [5.41, 5.74) is 12.9. The molecule has 10 aromatic carbocycles. The van der Waals surface area contributed by atoms with Gasteiger partial charge in [0.1, 0.15) is 11.2 Å². The highest BCUT2D eigenvalue weighted by Gasteiger charge is 2.22. The Hall–Kier alpha value is -7.22. The van der Waals surface area contributed by atoms with Crippen LogP contribution in [0.1, 0.15) is 22.6 Å². The van der Waals surface area contributed by atoms with Gasteiger partial charge < -0.3 is 4.42 Å². The molecule has 0 aliphatic rings. The molecule has 0 bridgehead atoms. The maximum atomic E-state index is 6.27. The van der Waals surface area contributed by atoms with Gasteiger partial charge in [0.2, 0.25) is 0 Å². The molecule has 0 aliphatic carbocycles. The van der Waals surface area contributed by atoms with E-state index in [0.29, 0.717) is 0 Å². The fraction of sp³-hybridized carbons (Fsp3) is 0.0182. The summed E-state index contributed by atoms with van der Waals surface area (Å²) in [6.45, 7) is 0. The zero-order valence-electron chi connectivity index (χ0n) is 30.7. The maximum absolute atomic E-state index is 6.27. The van der Waals surface area contributed by atoms with Gasteiger partial charge in [-0.05, 0) is 107 Å². The van der Waals surface area contributed by atoms with Crippen LogP contribution in [-0.4, -0.2) is 0 Å². The third-order valence-corrected chi connectivity index (χ3v) is 11.6. The fourth-order valence-electron chi connectivity index (χ4n) is 8.97. The second-order valence-electron chi connectivity index (χ2n) is 14.8. The van der Waals surface area contributed by atoms with Crippen molar-refractivity contribution in [3.8, 4) is 33.4 Å². The van der Waals surface area contributed by atoms with E-state index in [9.17, 15) is 0 Å². The summed E-state index contributed by atoms with van der Waals surface area (Å²) >= 11 is 0. The van der Waals surface area contributed by atoms with Crippen LogP contribution >= 0.6 is 0 Å². The van der Waals surface area contributed by atoms with Gasteiger partial charge in [-0.1, -0.05) is 188 Å².